The third-order valence-electron chi connectivity index (χ3n) is 12.2. The summed E-state index contributed by atoms with van der Waals surface area (Å²) in [7, 11) is 3.68. The lowest BCUT2D eigenvalue weighted by atomic mass is 9.81. The van der Waals surface area contributed by atoms with Gasteiger partial charge in [0.05, 0.1) is 48.5 Å². The molecule has 4 aromatic rings. The Bertz CT molecular complexity index is 3030. The van der Waals surface area contributed by atoms with Gasteiger partial charge in [0.25, 0.3) is 11.5 Å². The van der Waals surface area contributed by atoms with E-state index in [1.165, 1.54) is 53.0 Å². The van der Waals surface area contributed by atoms with E-state index in [2.05, 4.69) is 35.9 Å². The molecule has 2 aromatic carbocycles. The summed E-state index contributed by atoms with van der Waals surface area (Å²) in [4.78, 5) is 132. The van der Waals surface area contributed by atoms with Crippen LogP contribution in [0.3, 0.4) is 0 Å². The Kier molecular flexibility index (Phi) is 15.9. The number of Topliss-reactive ketones (excluding diaryl/α,β-unsaturated/α-hetero) is 2. The van der Waals surface area contributed by atoms with Crippen molar-refractivity contribution in [2.75, 3.05) is 37.2 Å². The van der Waals surface area contributed by atoms with Gasteiger partial charge in [0.15, 0.2) is 16.9 Å². The van der Waals surface area contributed by atoms with Crippen molar-refractivity contribution in [2.45, 2.75) is 68.6 Å². The minimum Gasteiger partial charge on any atom is -0.480 e. The molecule has 2 aliphatic heterocycles. The highest BCUT2D eigenvalue weighted by atomic mass is 33.1. The quantitative estimate of drug-likeness (QED) is 0.0443. The van der Waals surface area contributed by atoms with Crippen LogP contribution in [0.4, 0.5) is 21.2 Å². The summed E-state index contributed by atoms with van der Waals surface area (Å²) in [5.41, 5.74) is 16.3. The maximum atomic E-state index is 13.6. The van der Waals surface area contributed by atoms with Crippen LogP contribution in [-0.2, 0) is 51.3 Å². The molecule has 4 amide bonds. The van der Waals surface area contributed by atoms with Crippen LogP contribution in [0.15, 0.2) is 87.0 Å². The Morgan fingerprint density at radius 2 is 1.64 bits per heavy atom. The summed E-state index contributed by atoms with van der Waals surface area (Å²) in [5.74, 6) is -6.59. The maximum absolute atomic E-state index is 13.6. The minimum absolute atomic E-state index is 0.00317. The third kappa shape index (κ3) is 11.1. The molecule has 7 rings (SSSR count). The van der Waals surface area contributed by atoms with Gasteiger partial charge in [0.2, 0.25) is 23.4 Å². The standard InChI is InChI=1S/C45H48N12O14S2/c1-20-32(46)36(60)31-27(17-70-43(48)67)45(69-3)21(2)56(19-57(45)34(31)35(20)59)44(68)71-16-22-4-10-26(11-5-22)73-72-18-29(41(65)66)52-30(58)13-12-28(40(63)64)53-38(61)23-6-8-24(9-7-23)49-14-25-15-50-37-33(51-25)39(62)55-42(47)54-37/h4-11,15,21,27-29,49H,12-14,16-19,46H2,1-3H3,(H2,48,67)(H,52,58)(H,53,61)(H,63,64)(H,65,66)(H3,47,50,54,55,62)/t21-,27+,28-,29-,45-/m0/s1. The lowest BCUT2D eigenvalue weighted by Gasteiger charge is -2.40. The zero-order valence-corrected chi connectivity index (χ0v) is 40.7. The Balaban J connectivity index is 0.853. The van der Waals surface area contributed by atoms with E-state index in [4.69, 9.17) is 31.4 Å². The van der Waals surface area contributed by atoms with Gasteiger partial charge in [0.1, 0.15) is 25.3 Å². The molecule has 2 aromatic heterocycles. The molecular weight excluding hydrogens is 997 g/mol. The second-order valence-corrected chi connectivity index (χ2v) is 19.1. The van der Waals surface area contributed by atoms with Gasteiger partial charge < -0.3 is 62.5 Å². The number of hydrogen-bond acceptors (Lipinski definition) is 21. The highest BCUT2D eigenvalue weighted by Crippen LogP contribution is 2.52. The van der Waals surface area contributed by atoms with Gasteiger partial charge in [-0.05, 0) is 62.2 Å². The number of ether oxygens (including phenoxy) is 3. The highest BCUT2D eigenvalue weighted by molar-refractivity contribution is 8.76. The number of nitrogens with zero attached hydrogens (tertiary/aromatic N) is 5. The van der Waals surface area contributed by atoms with E-state index in [1.54, 1.807) is 43.3 Å². The lowest BCUT2D eigenvalue weighted by molar-refractivity contribution is -0.142. The Labute approximate surface area is 421 Å². The lowest BCUT2D eigenvalue weighted by Crippen LogP contribution is -2.56. The van der Waals surface area contributed by atoms with E-state index in [-0.39, 0.29) is 77.2 Å². The van der Waals surface area contributed by atoms with Gasteiger partial charge in [-0.2, -0.15) is 4.98 Å². The highest BCUT2D eigenvalue weighted by Gasteiger charge is 2.67. The number of primary amides is 1. The first-order valence-electron chi connectivity index (χ1n) is 22.0. The molecule has 0 radical (unpaired) electrons. The second kappa shape index (κ2) is 22.0. The fourth-order valence-electron chi connectivity index (χ4n) is 8.45. The van der Waals surface area contributed by atoms with Crippen LogP contribution < -0.4 is 38.7 Å². The number of nitrogens with one attached hydrogen (secondary N) is 4. The number of ketones is 2. The number of rotatable bonds is 20. The largest absolute Gasteiger partial charge is 0.480 e. The average Bonchev–Trinajstić information content (AvgIpc) is 3.82. The van der Waals surface area contributed by atoms with Crippen LogP contribution in [-0.4, -0.2) is 137 Å². The number of carboxylic acid groups (broad SMARTS) is 2. The summed E-state index contributed by atoms with van der Waals surface area (Å²) >= 11 is 0. The molecule has 3 aliphatic rings. The molecule has 26 nitrogen and oxygen atoms in total. The molecule has 28 heteroatoms. The Morgan fingerprint density at radius 1 is 0.945 bits per heavy atom. The number of hydrogen-bond donors (Lipinski definition) is 9. The molecule has 4 heterocycles. The van der Waals surface area contributed by atoms with Crippen molar-refractivity contribution in [3.8, 4) is 0 Å². The van der Waals surface area contributed by atoms with Crippen molar-refractivity contribution in [1.29, 1.82) is 0 Å². The van der Waals surface area contributed by atoms with E-state index >= 15 is 0 Å². The molecule has 0 bridgehead atoms. The van der Waals surface area contributed by atoms with E-state index in [0.29, 0.717) is 21.8 Å². The zero-order chi connectivity index (χ0) is 52.9. The second-order valence-electron chi connectivity index (χ2n) is 16.7. The van der Waals surface area contributed by atoms with Crippen molar-refractivity contribution in [3.05, 3.63) is 104 Å². The number of methoxy groups -OCH3 is 1. The number of carbonyl (C=O) groups is 8. The van der Waals surface area contributed by atoms with Crippen LogP contribution in [0, 0.1) is 5.92 Å². The fourth-order valence-corrected chi connectivity index (χ4v) is 10.6. The number of carboxylic acids is 2. The first kappa shape index (κ1) is 52.6. The monoisotopic (exact) mass is 1040 g/mol. The number of nitrogen functional groups attached to an aromatic ring is 1. The number of aromatic nitrogens is 4. The van der Waals surface area contributed by atoms with Crippen LogP contribution in [0.25, 0.3) is 11.2 Å². The summed E-state index contributed by atoms with van der Waals surface area (Å²) in [6, 6.07) is 9.16. The minimum atomic E-state index is -1.53. The summed E-state index contributed by atoms with van der Waals surface area (Å²) in [6.07, 6.45) is -1.23. The van der Waals surface area contributed by atoms with E-state index < -0.39 is 95.9 Å². The summed E-state index contributed by atoms with van der Waals surface area (Å²) < 4.78 is 16.7. The smallest absolute Gasteiger partial charge is 0.411 e. The van der Waals surface area contributed by atoms with Gasteiger partial charge in [-0.1, -0.05) is 33.7 Å². The maximum Gasteiger partial charge on any atom is 0.411 e. The molecule has 73 heavy (non-hydrogen) atoms. The number of aliphatic carboxylic acids is 2. The van der Waals surface area contributed by atoms with Gasteiger partial charge in [0, 0.05) is 46.6 Å². The number of carbonyl (C=O) groups excluding carboxylic acids is 6. The number of aromatic amines is 1. The van der Waals surface area contributed by atoms with Gasteiger partial charge in [-0.25, -0.2) is 29.1 Å². The molecular formula is C45H48N12O14S2. The number of amides is 4. The molecule has 5 atom stereocenters. The predicted octanol–water partition coefficient (Wildman–Crippen LogP) is 1.19. The molecule has 0 unspecified atom stereocenters. The first-order valence-corrected chi connectivity index (χ1v) is 24.3. The van der Waals surface area contributed by atoms with Gasteiger partial charge in [-0.3, -0.25) is 33.9 Å². The van der Waals surface area contributed by atoms with E-state index in [9.17, 15) is 53.4 Å². The molecule has 1 saturated heterocycles. The van der Waals surface area contributed by atoms with Crippen LogP contribution in [0.2, 0.25) is 0 Å². The van der Waals surface area contributed by atoms with Crippen LogP contribution in [0.1, 0.15) is 48.3 Å². The average molecular weight is 1050 g/mol. The predicted molar refractivity (Wildman–Crippen MR) is 259 cm³/mol. The van der Waals surface area contributed by atoms with Gasteiger partial charge >= 0.3 is 24.1 Å². The topological polar surface area (TPSA) is 397 Å². The van der Waals surface area contributed by atoms with Crippen molar-refractivity contribution < 1.29 is 62.8 Å². The van der Waals surface area contributed by atoms with Crippen LogP contribution >= 0.6 is 21.6 Å². The molecule has 1 aliphatic carbocycles. The van der Waals surface area contributed by atoms with Crippen molar-refractivity contribution in [3.63, 3.8) is 0 Å². The number of H-pyrrole nitrogens is 1. The molecule has 0 spiro atoms. The SMILES string of the molecule is CO[C@@]12[C@H](COC(N)=O)C3=C(C(=O)C(C)=C(N)C3=O)N1CN(C(=O)OCc1ccc(SSC[C@H](NC(=O)CC[C@H](NC(=O)c3ccc(NCc4cnc5nc(N)[nH]c(=O)c5n4)cc3)C(=O)O)C(=O)O)cc1)[C@H]2C. The number of allylic oxidation sites excluding steroid dienone is 2. The molecule has 384 valence electrons. The van der Waals surface area contributed by atoms with Crippen molar-refractivity contribution in [2.24, 2.45) is 17.4 Å². The summed E-state index contributed by atoms with van der Waals surface area (Å²) in [6.45, 7) is 2.38. The fraction of sp³-hybridized carbons (Fsp3) is 0.333. The molecule has 12 N–H and O–H groups in total. The summed E-state index contributed by atoms with van der Waals surface area (Å²) in [5, 5.41) is 27.5. The van der Waals surface area contributed by atoms with Crippen LogP contribution in [0.5, 0.6) is 0 Å². The van der Waals surface area contributed by atoms with Crippen molar-refractivity contribution in [1.82, 2.24) is 40.4 Å². The van der Waals surface area contributed by atoms with Gasteiger partial charge in [-0.15, -0.1) is 0 Å². The van der Waals surface area contributed by atoms with Crippen molar-refractivity contribution >= 4 is 91.9 Å². The number of anilines is 2. The number of benzene rings is 2. The normalized spacial score (nSPS) is 19.0. The number of nitrogens with two attached hydrogens (primary N) is 3. The Hall–Kier alpha value is -8.24. The van der Waals surface area contributed by atoms with E-state index in [1.807, 2.05) is 0 Å². The first-order chi connectivity index (χ1) is 34.7. The molecule has 1 fully saturated rings. The third-order valence-corrected chi connectivity index (χ3v) is 14.6. The zero-order valence-electron chi connectivity index (χ0n) is 39.0. The van der Waals surface area contributed by atoms with E-state index in [0.717, 1.165) is 10.8 Å². The Morgan fingerprint density at radius 3 is 2.30 bits per heavy atom. The molecule has 0 saturated carbocycles. The number of fused-ring (bicyclic) bond motifs is 3.